The Balaban J connectivity index is 1.68. The van der Waals surface area contributed by atoms with Crippen molar-refractivity contribution in [2.75, 3.05) is 17.6 Å². The zero-order valence-electron chi connectivity index (χ0n) is 10.7. The third-order valence-electron chi connectivity index (χ3n) is 3.47. The van der Waals surface area contributed by atoms with E-state index in [0.717, 1.165) is 19.0 Å². The molecule has 0 radical (unpaired) electrons. The van der Waals surface area contributed by atoms with E-state index >= 15 is 0 Å². The summed E-state index contributed by atoms with van der Waals surface area (Å²) in [4.78, 5) is 31.4. The van der Waals surface area contributed by atoms with Crippen LogP contribution in [0.3, 0.4) is 0 Å². The summed E-state index contributed by atoms with van der Waals surface area (Å²) in [5, 5.41) is 13.6. The average molecular weight is 278 g/mol. The molecule has 1 unspecified atom stereocenters. The highest BCUT2D eigenvalue weighted by Crippen LogP contribution is 2.31. The first-order chi connectivity index (χ1) is 9.54. The first-order valence-corrected chi connectivity index (χ1v) is 6.37. The fourth-order valence-electron chi connectivity index (χ4n) is 2.35. The maximum Gasteiger partial charge on any atom is 0.329 e. The van der Waals surface area contributed by atoms with Crippen molar-refractivity contribution >= 4 is 23.4 Å². The van der Waals surface area contributed by atoms with E-state index in [1.165, 1.54) is 0 Å². The molecule has 3 rings (SSSR count). The second-order valence-corrected chi connectivity index (χ2v) is 5.04. The molecule has 2 aliphatic rings. The lowest BCUT2D eigenvalue weighted by atomic mass is 10.2. The van der Waals surface area contributed by atoms with Gasteiger partial charge in [0.15, 0.2) is 0 Å². The Labute approximate surface area is 114 Å². The standard InChI is InChI=1S/C11H14N6O3/c12-10-8(17(19)20)4-13-11(15-10)14-6-3-9(18)16(5-6)7-1-2-7/h4,6-7H,1-3,5H2,(H3,12,13,14,15). The van der Waals surface area contributed by atoms with Gasteiger partial charge in [-0.15, -0.1) is 0 Å². The van der Waals surface area contributed by atoms with E-state index in [-0.39, 0.29) is 29.4 Å². The van der Waals surface area contributed by atoms with Gasteiger partial charge in [-0.3, -0.25) is 14.9 Å². The van der Waals surface area contributed by atoms with Crippen LogP contribution in [0.5, 0.6) is 0 Å². The van der Waals surface area contributed by atoms with Crippen LogP contribution in [-0.2, 0) is 4.79 Å². The molecule has 1 saturated heterocycles. The molecule has 1 saturated carbocycles. The molecule has 20 heavy (non-hydrogen) atoms. The van der Waals surface area contributed by atoms with Gasteiger partial charge in [-0.25, -0.2) is 4.98 Å². The summed E-state index contributed by atoms with van der Waals surface area (Å²) in [6.45, 7) is 0.615. The lowest BCUT2D eigenvalue weighted by molar-refractivity contribution is -0.384. The Morgan fingerprint density at radius 1 is 1.50 bits per heavy atom. The predicted molar refractivity (Wildman–Crippen MR) is 69.9 cm³/mol. The van der Waals surface area contributed by atoms with Gasteiger partial charge in [0.1, 0.15) is 6.20 Å². The van der Waals surface area contributed by atoms with Crippen molar-refractivity contribution < 1.29 is 9.72 Å². The first-order valence-electron chi connectivity index (χ1n) is 6.37. The smallest absolute Gasteiger partial charge is 0.329 e. The molecule has 1 aliphatic carbocycles. The molecular formula is C11H14N6O3. The summed E-state index contributed by atoms with van der Waals surface area (Å²) in [6.07, 6.45) is 3.59. The van der Waals surface area contributed by atoms with Crippen molar-refractivity contribution in [3.63, 3.8) is 0 Å². The van der Waals surface area contributed by atoms with Gasteiger partial charge >= 0.3 is 5.69 Å². The second-order valence-electron chi connectivity index (χ2n) is 5.04. The average Bonchev–Trinajstić information content (AvgIpc) is 3.14. The van der Waals surface area contributed by atoms with Crippen molar-refractivity contribution in [1.82, 2.24) is 14.9 Å². The molecule has 1 atom stereocenters. The number of nitrogen functional groups attached to an aromatic ring is 1. The molecule has 1 aliphatic heterocycles. The molecule has 0 bridgehead atoms. The predicted octanol–water partition coefficient (Wildman–Crippen LogP) is 0.142. The zero-order valence-corrected chi connectivity index (χ0v) is 10.7. The van der Waals surface area contributed by atoms with E-state index in [0.29, 0.717) is 19.0 Å². The number of aromatic nitrogens is 2. The van der Waals surface area contributed by atoms with Gasteiger partial charge in [-0.2, -0.15) is 4.98 Å². The van der Waals surface area contributed by atoms with Gasteiger partial charge < -0.3 is 16.0 Å². The second kappa shape index (κ2) is 4.58. The quantitative estimate of drug-likeness (QED) is 0.592. The normalized spacial score (nSPS) is 22.1. The van der Waals surface area contributed by atoms with E-state index in [4.69, 9.17) is 5.73 Å². The van der Waals surface area contributed by atoms with Crippen LogP contribution in [0, 0.1) is 10.1 Å². The zero-order chi connectivity index (χ0) is 14.3. The molecule has 106 valence electrons. The minimum absolute atomic E-state index is 0.0797. The monoisotopic (exact) mass is 278 g/mol. The van der Waals surface area contributed by atoms with Crippen LogP contribution in [0.1, 0.15) is 19.3 Å². The number of likely N-dealkylation sites (tertiary alicyclic amines) is 1. The lowest BCUT2D eigenvalue weighted by Gasteiger charge is -2.16. The third-order valence-corrected chi connectivity index (χ3v) is 3.47. The van der Waals surface area contributed by atoms with Crippen molar-refractivity contribution in [2.45, 2.75) is 31.3 Å². The minimum Gasteiger partial charge on any atom is -0.378 e. The number of nitrogens with one attached hydrogen (secondary N) is 1. The SMILES string of the molecule is Nc1nc(NC2CC(=O)N(C3CC3)C2)ncc1[N+](=O)[O-]. The highest BCUT2D eigenvalue weighted by molar-refractivity contribution is 5.80. The number of amides is 1. The molecule has 0 spiro atoms. The summed E-state index contributed by atoms with van der Waals surface area (Å²) in [5.41, 5.74) is 5.18. The Hall–Kier alpha value is -2.45. The number of carbonyl (C=O) groups is 1. The largest absolute Gasteiger partial charge is 0.378 e. The molecule has 9 heteroatoms. The van der Waals surface area contributed by atoms with Crippen LogP contribution in [0.25, 0.3) is 0 Å². The van der Waals surface area contributed by atoms with Crippen LogP contribution < -0.4 is 11.1 Å². The maximum atomic E-state index is 11.8. The topological polar surface area (TPSA) is 127 Å². The molecule has 0 aromatic carbocycles. The molecule has 2 fully saturated rings. The molecule has 1 aromatic heterocycles. The van der Waals surface area contributed by atoms with Gasteiger partial charge in [0, 0.05) is 19.0 Å². The highest BCUT2D eigenvalue weighted by atomic mass is 16.6. The number of hydrogen-bond acceptors (Lipinski definition) is 7. The van der Waals surface area contributed by atoms with Gasteiger partial charge in [0.2, 0.25) is 17.7 Å². The number of nitrogens with zero attached hydrogens (tertiary/aromatic N) is 4. The molecule has 1 aromatic rings. The van der Waals surface area contributed by atoms with E-state index < -0.39 is 4.92 Å². The van der Waals surface area contributed by atoms with E-state index in [9.17, 15) is 14.9 Å². The molecule has 1 amide bonds. The van der Waals surface area contributed by atoms with Gasteiger partial charge in [-0.1, -0.05) is 0 Å². The molecule has 9 nitrogen and oxygen atoms in total. The summed E-state index contributed by atoms with van der Waals surface area (Å²) < 4.78 is 0. The summed E-state index contributed by atoms with van der Waals surface area (Å²) in [5.74, 6) is 0.152. The fourth-order valence-corrected chi connectivity index (χ4v) is 2.35. The highest BCUT2D eigenvalue weighted by Gasteiger charge is 2.39. The van der Waals surface area contributed by atoms with Gasteiger partial charge in [0.05, 0.1) is 11.0 Å². The van der Waals surface area contributed by atoms with Crippen LogP contribution >= 0.6 is 0 Å². The summed E-state index contributed by atoms with van der Waals surface area (Å²) in [7, 11) is 0. The van der Waals surface area contributed by atoms with Crippen molar-refractivity contribution in [2.24, 2.45) is 0 Å². The van der Waals surface area contributed by atoms with E-state index in [1.807, 2.05) is 4.90 Å². The van der Waals surface area contributed by atoms with E-state index in [2.05, 4.69) is 15.3 Å². The maximum absolute atomic E-state index is 11.8. The lowest BCUT2D eigenvalue weighted by Crippen LogP contribution is -2.30. The van der Waals surface area contributed by atoms with Crippen LogP contribution in [0.2, 0.25) is 0 Å². The Morgan fingerprint density at radius 3 is 2.85 bits per heavy atom. The third kappa shape index (κ3) is 2.33. The minimum atomic E-state index is -0.632. The number of nitrogens with two attached hydrogens (primary N) is 1. The van der Waals surface area contributed by atoms with Gasteiger partial charge in [-0.05, 0) is 12.8 Å². The fraction of sp³-hybridized carbons (Fsp3) is 0.545. The molecular weight excluding hydrogens is 264 g/mol. The number of anilines is 2. The van der Waals surface area contributed by atoms with Crippen LogP contribution in [0.15, 0.2) is 6.20 Å². The number of nitro groups is 1. The Kier molecular flexibility index (Phi) is 2.88. The number of carbonyl (C=O) groups excluding carboxylic acids is 1. The van der Waals surface area contributed by atoms with Crippen molar-refractivity contribution in [3.05, 3.63) is 16.3 Å². The number of rotatable bonds is 4. The molecule has 2 heterocycles. The summed E-state index contributed by atoms with van der Waals surface area (Å²) in [6, 6.07) is 0.307. The van der Waals surface area contributed by atoms with Gasteiger partial charge in [0.25, 0.3) is 0 Å². The summed E-state index contributed by atoms with van der Waals surface area (Å²) >= 11 is 0. The Bertz CT molecular complexity index is 573. The number of hydrogen-bond donors (Lipinski definition) is 2. The Morgan fingerprint density at radius 2 is 2.25 bits per heavy atom. The van der Waals surface area contributed by atoms with Crippen LogP contribution in [0.4, 0.5) is 17.5 Å². The van der Waals surface area contributed by atoms with Crippen LogP contribution in [-0.4, -0.2) is 44.3 Å². The van der Waals surface area contributed by atoms with E-state index in [1.54, 1.807) is 0 Å². The first kappa shape index (κ1) is 12.6. The molecule has 3 N–H and O–H groups in total. The van der Waals surface area contributed by atoms with Crippen molar-refractivity contribution in [1.29, 1.82) is 0 Å². The van der Waals surface area contributed by atoms with Crippen molar-refractivity contribution in [3.8, 4) is 0 Å².